The summed E-state index contributed by atoms with van der Waals surface area (Å²) in [6, 6.07) is 33.9. The van der Waals surface area contributed by atoms with Crippen LogP contribution in [0, 0.1) is 0 Å². The molecular weight excluding hydrogens is 755 g/mol. The van der Waals surface area contributed by atoms with E-state index in [1.807, 2.05) is 145 Å². The fourth-order valence-electron chi connectivity index (χ4n) is 7.20. The fraction of sp³-hybridized carbons (Fsp3) is 0.408. The number of hydrogen-bond donors (Lipinski definition) is 1. The minimum absolute atomic E-state index is 0.0463. The van der Waals surface area contributed by atoms with Crippen molar-refractivity contribution in [2.45, 2.75) is 104 Å². The number of aromatic nitrogens is 2. The zero-order valence-electron chi connectivity index (χ0n) is 35.9. The number of benzene rings is 3. The van der Waals surface area contributed by atoms with Crippen LogP contribution in [0.5, 0.6) is 23.3 Å². The summed E-state index contributed by atoms with van der Waals surface area (Å²) >= 11 is 0. The Morgan fingerprint density at radius 1 is 0.667 bits per heavy atom. The number of nitrogens with zero attached hydrogens (tertiary/aromatic N) is 4. The van der Waals surface area contributed by atoms with Crippen molar-refractivity contribution in [2.24, 2.45) is 5.73 Å². The molecular formula is C49H61N5O6. The van der Waals surface area contributed by atoms with Gasteiger partial charge in [0.25, 0.3) is 0 Å². The van der Waals surface area contributed by atoms with Gasteiger partial charge in [0.15, 0.2) is 0 Å². The van der Waals surface area contributed by atoms with Gasteiger partial charge >= 0.3 is 5.97 Å². The number of carbonyl (C=O) groups excluding carboxylic acids is 1. The van der Waals surface area contributed by atoms with Gasteiger partial charge in [0.05, 0.1) is 31.7 Å². The Hall–Kier alpha value is -5.81. The number of anilines is 2. The standard InChI is InChI=1S/C29H34N2O4.C20H27N3O2/c1-21(2)34-28-18-25(13-15-30-28)31-16-14-27(19-31)35-26-11-9-24(10-12-26)22(3)17-29(32)33-20-23-7-5-4-6-8-23;1-14(2)24-20-12-17(8-10-22-20)23-11-9-19(13-23)25-18-6-4-16(5-7-18)15(3)21/h4-13,15,18,21-22,27H,14,16-17,19-20H2,1-3H3;4-8,10,12,14-15,19H,9,11,13,21H2,1-3H3/t22-,27-;15-,19+/m10/s1. The van der Waals surface area contributed by atoms with Crippen molar-refractivity contribution in [3.8, 4) is 23.3 Å². The summed E-state index contributed by atoms with van der Waals surface area (Å²) in [6.45, 7) is 15.9. The highest BCUT2D eigenvalue weighted by Gasteiger charge is 2.26. The molecule has 11 nitrogen and oxygen atoms in total. The topological polar surface area (TPSA) is 122 Å². The molecule has 0 aliphatic carbocycles. The van der Waals surface area contributed by atoms with E-state index >= 15 is 0 Å². The van der Waals surface area contributed by atoms with Gasteiger partial charge in [-0.3, -0.25) is 4.79 Å². The predicted molar refractivity (Wildman–Crippen MR) is 237 cm³/mol. The third kappa shape index (κ3) is 13.4. The monoisotopic (exact) mass is 815 g/mol. The predicted octanol–water partition coefficient (Wildman–Crippen LogP) is 9.31. The molecule has 2 fully saturated rings. The van der Waals surface area contributed by atoms with Crippen LogP contribution in [0.25, 0.3) is 0 Å². The summed E-state index contributed by atoms with van der Waals surface area (Å²) in [6.07, 6.45) is 6.41. The molecule has 2 N–H and O–H groups in total. The highest BCUT2D eigenvalue weighted by atomic mass is 16.5. The Labute approximate surface area is 355 Å². The van der Waals surface area contributed by atoms with Crippen molar-refractivity contribution in [1.29, 1.82) is 0 Å². The molecule has 11 heteroatoms. The molecule has 5 aromatic rings. The van der Waals surface area contributed by atoms with E-state index in [9.17, 15) is 4.79 Å². The maximum atomic E-state index is 12.3. The van der Waals surface area contributed by atoms with E-state index in [2.05, 4.69) is 19.8 Å². The molecule has 7 rings (SSSR count). The van der Waals surface area contributed by atoms with Gasteiger partial charge in [-0.2, -0.15) is 0 Å². The Kier molecular flexibility index (Phi) is 15.6. The number of carbonyl (C=O) groups is 1. The molecule has 2 aliphatic heterocycles. The molecule has 4 heterocycles. The van der Waals surface area contributed by atoms with Crippen LogP contribution in [-0.2, 0) is 16.1 Å². The number of hydrogen-bond acceptors (Lipinski definition) is 11. The van der Waals surface area contributed by atoms with E-state index < -0.39 is 0 Å². The molecule has 0 spiro atoms. The first-order chi connectivity index (χ1) is 29.0. The van der Waals surface area contributed by atoms with Crippen LogP contribution in [0.1, 0.15) is 89.5 Å². The van der Waals surface area contributed by atoms with E-state index in [-0.39, 0.29) is 42.3 Å². The van der Waals surface area contributed by atoms with Gasteiger partial charge in [0.1, 0.15) is 30.3 Å². The van der Waals surface area contributed by atoms with Crippen LogP contribution >= 0.6 is 0 Å². The molecule has 0 radical (unpaired) electrons. The molecule has 4 atom stereocenters. The van der Waals surface area contributed by atoms with E-state index in [1.54, 1.807) is 12.4 Å². The summed E-state index contributed by atoms with van der Waals surface area (Å²) in [5.74, 6) is 2.95. The summed E-state index contributed by atoms with van der Waals surface area (Å²) in [5, 5.41) is 0. The van der Waals surface area contributed by atoms with E-state index in [4.69, 9.17) is 29.4 Å². The average molecular weight is 816 g/mol. The Balaban J connectivity index is 0.000000213. The Morgan fingerprint density at radius 2 is 1.15 bits per heavy atom. The highest BCUT2D eigenvalue weighted by Crippen LogP contribution is 2.29. The summed E-state index contributed by atoms with van der Waals surface area (Å²) in [7, 11) is 0. The highest BCUT2D eigenvalue weighted by molar-refractivity contribution is 5.70. The van der Waals surface area contributed by atoms with Crippen LogP contribution in [0.15, 0.2) is 116 Å². The normalized spacial score (nSPS) is 17.1. The SMILES string of the molecule is CC(C)Oc1cc(N2CC[C@@H](Oc3ccc([C@H](C)CC(=O)OCc4ccccc4)cc3)C2)ccn1.CC(C)Oc1cc(N2CC[C@@H](Oc3ccc([C@H](C)N)cc3)C2)ccn1. The maximum absolute atomic E-state index is 12.3. The second kappa shape index (κ2) is 21.4. The summed E-state index contributed by atoms with van der Waals surface area (Å²) in [4.78, 5) is 25.4. The van der Waals surface area contributed by atoms with Crippen molar-refractivity contribution < 1.29 is 28.5 Å². The number of pyridine rings is 2. The molecule has 0 unspecified atom stereocenters. The van der Waals surface area contributed by atoms with Crippen molar-refractivity contribution in [3.63, 3.8) is 0 Å². The van der Waals surface area contributed by atoms with E-state index in [0.29, 0.717) is 24.8 Å². The largest absolute Gasteiger partial charge is 0.489 e. The third-order valence-corrected chi connectivity index (χ3v) is 10.3. The molecule has 2 saturated heterocycles. The van der Waals surface area contributed by atoms with Gasteiger partial charge in [0.2, 0.25) is 11.8 Å². The quantitative estimate of drug-likeness (QED) is 0.0960. The van der Waals surface area contributed by atoms with Gasteiger partial charge < -0.3 is 39.2 Å². The van der Waals surface area contributed by atoms with Crippen LogP contribution in [0.3, 0.4) is 0 Å². The number of rotatable bonds is 16. The molecule has 60 heavy (non-hydrogen) atoms. The van der Waals surface area contributed by atoms with Gasteiger partial charge in [0, 0.05) is 67.9 Å². The first-order valence-electron chi connectivity index (χ1n) is 21.2. The van der Waals surface area contributed by atoms with Crippen LogP contribution < -0.4 is 34.5 Å². The van der Waals surface area contributed by atoms with E-state index in [0.717, 1.165) is 78.6 Å². The first kappa shape index (κ1) is 43.8. The zero-order valence-corrected chi connectivity index (χ0v) is 35.9. The van der Waals surface area contributed by atoms with Gasteiger partial charge in [-0.15, -0.1) is 0 Å². The lowest BCUT2D eigenvalue weighted by Gasteiger charge is -2.20. The van der Waals surface area contributed by atoms with E-state index in [1.165, 1.54) is 0 Å². The minimum atomic E-state index is -0.189. The first-order valence-corrected chi connectivity index (χ1v) is 21.2. The van der Waals surface area contributed by atoms with Crippen LogP contribution in [0.2, 0.25) is 0 Å². The van der Waals surface area contributed by atoms with Crippen LogP contribution in [0.4, 0.5) is 11.4 Å². The summed E-state index contributed by atoms with van der Waals surface area (Å²) < 4.78 is 29.2. The molecule has 2 aromatic heterocycles. The van der Waals surface area contributed by atoms with Gasteiger partial charge in [-0.25, -0.2) is 9.97 Å². The fourth-order valence-corrected chi connectivity index (χ4v) is 7.20. The Bertz CT molecular complexity index is 2060. The molecule has 3 aromatic carbocycles. The Morgan fingerprint density at radius 3 is 1.62 bits per heavy atom. The lowest BCUT2D eigenvalue weighted by molar-refractivity contribution is -0.145. The van der Waals surface area contributed by atoms with Crippen molar-refractivity contribution in [2.75, 3.05) is 36.0 Å². The van der Waals surface area contributed by atoms with Crippen LogP contribution in [-0.4, -0.2) is 66.5 Å². The smallest absolute Gasteiger partial charge is 0.306 e. The van der Waals surface area contributed by atoms with Gasteiger partial charge in [-0.1, -0.05) is 61.5 Å². The summed E-state index contributed by atoms with van der Waals surface area (Å²) in [5.41, 5.74) is 11.3. The number of esters is 1. The lowest BCUT2D eigenvalue weighted by Crippen LogP contribution is -2.24. The van der Waals surface area contributed by atoms with Crippen molar-refractivity contribution >= 4 is 17.3 Å². The second-order valence-corrected chi connectivity index (χ2v) is 16.2. The number of nitrogens with two attached hydrogens (primary N) is 1. The maximum Gasteiger partial charge on any atom is 0.306 e. The second-order valence-electron chi connectivity index (χ2n) is 16.2. The molecule has 0 bridgehead atoms. The van der Waals surface area contributed by atoms with Crippen molar-refractivity contribution in [1.82, 2.24) is 9.97 Å². The minimum Gasteiger partial charge on any atom is -0.489 e. The number of ether oxygens (including phenoxy) is 5. The average Bonchev–Trinajstić information content (AvgIpc) is 3.91. The van der Waals surface area contributed by atoms with Gasteiger partial charge in [-0.05, 0) is 93.6 Å². The zero-order chi connectivity index (χ0) is 42.4. The lowest BCUT2D eigenvalue weighted by atomic mass is 9.98. The molecule has 318 valence electrons. The third-order valence-electron chi connectivity index (χ3n) is 10.3. The molecule has 2 aliphatic rings. The molecule has 0 amide bonds. The molecule has 0 saturated carbocycles. The van der Waals surface area contributed by atoms with Crippen molar-refractivity contribution in [3.05, 3.63) is 132 Å².